The molecule has 0 atom stereocenters. The van der Waals surface area contributed by atoms with Crippen molar-refractivity contribution < 1.29 is 47.5 Å². The highest BCUT2D eigenvalue weighted by molar-refractivity contribution is 5.74. The van der Waals surface area contributed by atoms with E-state index in [4.69, 9.17) is 37.9 Å². The average molecular weight is 564 g/mol. The number of benzene rings is 2. The Morgan fingerprint density at radius 1 is 0.600 bits per heavy atom. The number of amides is 1. The van der Waals surface area contributed by atoms with E-state index in [-0.39, 0.29) is 6.61 Å². The molecule has 0 unspecified atom stereocenters. The number of carbonyl (C=O) groups is 2. The molecule has 2 aromatic rings. The predicted molar refractivity (Wildman–Crippen MR) is 147 cm³/mol. The van der Waals surface area contributed by atoms with E-state index in [1.807, 2.05) is 30.3 Å². The Kier molecular flexibility index (Phi) is 19.7. The number of hydrogen-bond donors (Lipinski definition) is 1. The number of hydrogen-bond acceptors (Lipinski definition) is 10. The fourth-order valence-corrected chi connectivity index (χ4v) is 3.06. The van der Waals surface area contributed by atoms with Crippen LogP contribution in [0, 0.1) is 0 Å². The molecule has 0 bridgehead atoms. The first-order chi connectivity index (χ1) is 19.8. The summed E-state index contributed by atoms with van der Waals surface area (Å²) in [7, 11) is 0. The summed E-state index contributed by atoms with van der Waals surface area (Å²) in [5.74, 6) is 0.700. The monoisotopic (exact) mass is 563 g/mol. The van der Waals surface area contributed by atoms with Crippen molar-refractivity contribution in [3.63, 3.8) is 0 Å². The number of carbonyl (C=O) groups excluding carboxylic acids is 2. The van der Waals surface area contributed by atoms with E-state index in [0.29, 0.717) is 104 Å². The van der Waals surface area contributed by atoms with Crippen LogP contribution in [0.25, 0.3) is 0 Å². The van der Waals surface area contributed by atoms with Crippen LogP contribution in [0.5, 0.6) is 5.75 Å². The molecule has 0 aliphatic carbocycles. The van der Waals surface area contributed by atoms with Gasteiger partial charge in [-0.05, 0) is 29.8 Å². The maximum Gasteiger partial charge on any atom is 0.407 e. The van der Waals surface area contributed by atoms with E-state index in [1.165, 1.54) is 0 Å². The van der Waals surface area contributed by atoms with Gasteiger partial charge in [-0.2, -0.15) is 0 Å². The maximum absolute atomic E-state index is 11.6. The Hall–Kier alpha value is -3.06. The summed E-state index contributed by atoms with van der Waals surface area (Å²) < 4.78 is 43.3. The van der Waals surface area contributed by atoms with E-state index < -0.39 is 6.09 Å². The average Bonchev–Trinajstić information content (AvgIpc) is 2.99. The van der Waals surface area contributed by atoms with Crippen molar-refractivity contribution in [2.75, 3.05) is 92.4 Å². The van der Waals surface area contributed by atoms with E-state index >= 15 is 0 Å². The van der Waals surface area contributed by atoms with Crippen LogP contribution in [0.3, 0.4) is 0 Å². The van der Waals surface area contributed by atoms with Gasteiger partial charge in [0, 0.05) is 12.1 Å². The SMILES string of the molecule is O=Cc1ccc(OCCOCCOCCOCCOCCOCCOCCNC(=O)OCc2ccccc2)cc1. The van der Waals surface area contributed by atoms with Crippen molar-refractivity contribution >= 4 is 12.4 Å². The second-order valence-corrected chi connectivity index (χ2v) is 8.20. The molecule has 222 valence electrons. The summed E-state index contributed by atoms with van der Waals surface area (Å²) in [6, 6.07) is 16.4. The Morgan fingerprint density at radius 3 is 1.57 bits per heavy atom. The van der Waals surface area contributed by atoms with Gasteiger partial charge in [0.05, 0.1) is 79.3 Å². The smallest absolute Gasteiger partial charge is 0.407 e. The third kappa shape index (κ3) is 18.3. The highest BCUT2D eigenvalue weighted by Gasteiger charge is 2.02. The van der Waals surface area contributed by atoms with Crippen LogP contribution >= 0.6 is 0 Å². The molecule has 0 saturated heterocycles. The van der Waals surface area contributed by atoms with Gasteiger partial charge in [0.1, 0.15) is 25.2 Å². The molecule has 11 nitrogen and oxygen atoms in total. The summed E-state index contributed by atoms with van der Waals surface area (Å²) in [5.41, 5.74) is 1.55. The molecule has 40 heavy (non-hydrogen) atoms. The summed E-state index contributed by atoms with van der Waals surface area (Å²) in [6.45, 7) is 6.56. The minimum Gasteiger partial charge on any atom is -0.491 e. The Morgan fingerprint density at radius 2 is 1.07 bits per heavy atom. The molecule has 0 radical (unpaired) electrons. The molecule has 0 spiro atoms. The van der Waals surface area contributed by atoms with Crippen molar-refractivity contribution in [2.24, 2.45) is 0 Å². The van der Waals surface area contributed by atoms with Gasteiger partial charge in [0.2, 0.25) is 0 Å². The van der Waals surface area contributed by atoms with E-state index in [2.05, 4.69) is 5.32 Å². The van der Waals surface area contributed by atoms with Crippen molar-refractivity contribution in [3.05, 3.63) is 65.7 Å². The third-order valence-electron chi connectivity index (χ3n) is 5.10. The summed E-state index contributed by atoms with van der Waals surface area (Å²) >= 11 is 0. The van der Waals surface area contributed by atoms with Crippen LogP contribution < -0.4 is 10.1 Å². The highest BCUT2D eigenvalue weighted by atomic mass is 16.6. The van der Waals surface area contributed by atoms with Crippen LogP contribution in [0.15, 0.2) is 54.6 Å². The molecule has 1 N–H and O–H groups in total. The number of aldehydes is 1. The molecule has 2 rings (SSSR count). The van der Waals surface area contributed by atoms with Gasteiger partial charge in [-0.25, -0.2) is 4.79 Å². The quantitative estimate of drug-likeness (QED) is 0.143. The first kappa shape index (κ1) is 33.1. The zero-order valence-electron chi connectivity index (χ0n) is 23.0. The molecule has 11 heteroatoms. The van der Waals surface area contributed by atoms with Crippen molar-refractivity contribution in [3.8, 4) is 5.75 Å². The van der Waals surface area contributed by atoms with E-state index in [9.17, 15) is 9.59 Å². The number of ether oxygens (including phenoxy) is 8. The second kappa shape index (κ2) is 23.8. The highest BCUT2D eigenvalue weighted by Crippen LogP contribution is 2.10. The first-order valence-corrected chi connectivity index (χ1v) is 13.4. The van der Waals surface area contributed by atoms with Crippen molar-refractivity contribution in [2.45, 2.75) is 6.61 Å². The lowest BCUT2D eigenvalue weighted by atomic mass is 10.2. The second-order valence-electron chi connectivity index (χ2n) is 8.20. The van der Waals surface area contributed by atoms with Crippen LogP contribution in [0.4, 0.5) is 4.79 Å². The van der Waals surface area contributed by atoms with Crippen LogP contribution in [-0.4, -0.2) is 105 Å². The number of alkyl carbamates (subject to hydrolysis) is 1. The van der Waals surface area contributed by atoms with Crippen LogP contribution in [0.1, 0.15) is 15.9 Å². The Balaban J connectivity index is 1.21. The molecule has 0 aliphatic heterocycles. The number of rotatable bonds is 25. The predicted octanol–water partition coefficient (Wildman–Crippen LogP) is 2.90. The molecular formula is C29H41NO10. The molecule has 0 aromatic heterocycles. The molecular weight excluding hydrogens is 522 g/mol. The Labute approximate surface area is 235 Å². The van der Waals surface area contributed by atoms with Gasteiger partial charge >= 0.3 is 6.09 Å². The molecule has 0 saturated carbocycles. The minimum atomic E-state index is -0.471. The molecule has 1 amide bonds. The van der Waals surface area contributed by atoms with E-state index in [1.54, 1.807) is 24.3 Å². The van der Waals surface area contributed by atoms with Gasteiger partial charge < -0.3 is 43.2 Å². The lowest BCUT2D eigenvalue weighted by Gasteiger charge is -2.09. The Bertz CT molecular complexity index is 882. The van der Waals surface area contributed by atoms with Gasteiger partial charge in [-0.1, -0.05) is 30.3 Å². The third-order valence-corrected chi connectivity index (χ3v) is 5.10. The molecule has 2 aromatic carbocycles. The first-order valence-electron chi connectivity index (χ1n) is 13.4. The van der Waals surface area contributed by atoms with Gasteiger partial charge in [-0.3, -0.25) is 4.79 Å². The number of nitrogens with one attached hydrogen (secondary N) is 1. The topological polar surface area (TPSA) is 120 Å². The fraction of sp³-hybridized carbons (Fsp3) is 0.517. The fourth-order valence-electron chi connectivity index (χ4n) is 3.06. The normalized spacial score (nSPS) is 10.8. The minimum absolute atomic E-state index is 0.237. The zero-order valence-corrected chi connectivity index (χ0v) is 23.0. The van der Waals surface area contributed by atoms with Crippen LogP contribution in [-0.2, 0) is 39.8 Å². The van der Waals surface area contributed by atoms with Gasteiger partial charge in [0.25, 0.3) is 0 Å². The van der Waals surface area contributed by atoms with Crippen LogP contribution in [0.2, 0.25) is 0 Å². The standard InChI is InChI=1S/C29H41NO10/c31-24-26-6-8-28(9-7-26)39-23-22-38-21-20-37-19-18-36-17-16-35-15-14-34-13-12-33-11-10-30-29(32)40-25-27-4-2-1-3-5-27/h1-9,24H,10-23,25H2,(H,30,32). The van der Waals surface area contributed by atoms with Gasteiger partial charge in [0.15, 0.2) is 0 Å². The molecule has 0 fully saturated rings. The largest absolute Gasteiger partial charge is 0.491 e. The van der Waals surface area contributed by atoms with Gasteiger partial charge in [-0.15, -0.1) is 0 Å². The summed E-state index contributed by atoms with van der Waals surface area (Å²) in [4.78, 5) is 22.2. The zero-order chi connectivity index (χ0) is 28.4. The molecule has 0 aliphatic rings. The molecule has 0 heterocycles. The summed E-state index contributed by atoms with van der Waals surface area (Å²) in [5, 5.41) is 2.64. The summed E-state index contributed by atoms with van der Waals surface area (Å²) in [6.07, 6.45) is 0.324. The van der Waals surface area contributed by atoms with Crippen molar-refractivity contribution in [1.29, 1.82) is 0 Å². The lowest BCUT2D eigenvalue weighted by molar-refractivity contribution is -0.0176. The maximum atomic E-state index is 11.6. The lowest BCUT2D eigenvalue weighted by Crippen LogP contribution is -2.28. The van der Waals surface area contributed by atoms with E-state index in [0.717, 1.165) is 11.8 Å². The van der Waals surface area contributed by atoms with Crippen molar-refractivity contribution in [1.82, 2.24) is 5.32 Å².